The van der Waals surface area contributed by atoms with Gasteiger partial charge in [-0.3, -0.25) is 4.79 Å². The molecule has 5 rings (SSSR count). The van der Waals surface area contributed by atoms with Gasteiger partial charge in [-0.05, 0) is 50.4 Å². The second kappa shape index (κ2) is 7.32. The minimum absolute atomic E-state index is 0.0240. The predicted molar refractivity (Wildman–Crippen MR) is 111 cm³/mol. The van der Waals surface area contributed by atoms with Crippen LogP contribution in [0.2, 0.25) is 0 Å². The minimum atomic E-state index is -0.666. The number of nitrogens with one attached hydrogen (secondary N) is 3. The van der Waals surface area contributed by atoms with E-state index in [1.807, 2.05) is 12.1 Å². The maximum absolute atomic E-state index is 11.9. The van der Waals surface area contributed by atoms with E-state index in [-0.39, 0.29) is 11.7 Å². The van der Waals surface area contributed by atoms with E-state index in [9.17, 15) is 4.79 Å². The number of hydrogen-bond acceptors (Lipinski definition) is 7. The lowest BCUT2D eigenvalue weighted by Gasteiger charge is -2.23. The molecule has 0 bridgehead atoms. The van der Waals surface area contributed by atoms with Crippen molar-refractivity contribution in [1.82, 2.24) is 25.1 Å². The molecular weight excluding hydrogens is 368 g/mol. The Morgan fingerprint density at radius 3 is 2.86 bits per heavy atom. The molecule has 29 heavy (non-hydrogen) atoms. The standard InChI is InChI=1S/C20H24N8O/c21-18(29)17-19(25-20(27-26-17)23-12-3-2-9-22-11-12)24-15-4-1-5-16-14(15)8-10-28(16)13-6-7-13/h1,4-5,8,10,12-13,22H,2-3,6-7,9,11H2,(H2,21,29)(H2,23,24,25,27)/t12-/m0/s1. The molecule has 5 N–H and O–H groups in total. The Hall–Kier alpha value is -3.20. The summed E-state index contributed by atoms with van der Waals surface area (Å²) in [6, 6.07) is 8.97. The van der Waals surface area contributed by atoms with Gasteiger partial charge in [0.2, 0.25) is 5.95 Å². The zero-order chi connectivity index (χ0) is 19.8. The van der Waals surface area contributed by atoms with Crippen LogP contribution in [0, 0.1) is 0 Å². The van der Waals surface area contributed by atoms with Crippen molar-refractivity contribution in [3.8, 4) is 0 Å². The molecule has 2 fully saturated rings. The van der Waals surface area contributed by atoms with Crippen molar-refractivity contribution in [3.63, 3.8) is 0 Å². The summed E-state index contributed by atoms with van der Waals surface area (Å²) in [7, 11) is 0. The average Bonchev–Trinajstić information content (AvgIpc) is 3.47. The van der Waals surface area contributed by atoms with Gasteiger partial charge >= 0.3 is 0 Å². The second-order valence-electron chi connectivity index (χ2n) is 7.70. The van der Waals surface area contributed by atoms with Gasteiger partial charge in [0.15, 0.2) is 11.5 Å². The summed E-state index contributed by atoms with van der Waals surface area (Å²) < 4.78 is 2.30. The van der Waals surface area contributed by atoms with E-state index in [0.29, 0.717) is 17.8 Å². The highest BCUT2D eigenvalue weighted by atomic mass is 16.1. The van der Waals surface area contributed by atoms with Crippen LogP contribution in [0.15, 0.2) is 30.5 Å². The highest BCUT2D eigenvalue weighted by Gasteiger charge is 2.25. The van der Waals surface area contributed by atoms with Crippen LogP contribution >= 0.6 is 0 Å². The molecule has 1 aliphatic heterocycles. The topological polar surface area (TPSA) is 123 Å². The maximum Gasteiger partial charge on any atom is 0.273 e. The van der Waals surface area contributed by atoms with Crippen LogP contribution in [0.25, 0.3) is 10.9 Å². The number of fused-ring (bicyclic) bond motifs is 1. The van der Waals surface area contributed by atoms with E-state index >= 15 is 0 Å². The molecule has 1 saturated heterocycles. The number of nitrogens with zero attached hydrogens (tertiary/aromatic N) is 4. The van der Waals surface area contributed by atoms with E-state index in [2.05, 4.69) is 54.0 Å². The number of carbonyl (C=O) groups excluding carboxylic acids is 1. The second-order valence-corrected chi connectivity index (χ2v) is 7.70. The Morgan fingerprint density at radius 2 is 2.10 bits per heavy atom. The highest BCUT2D eigenvalue weighted by Crippen LogP contribution is 2.39. The number of anilines is 3. The number of amides is 1. The van der Waals surface area contributed by atoms with Crippen LogP contribution in [0.3, 0.4) is 0 Å². The molecule has 3 heterocycles. The number of benzene rings is 1. The van der Waals surface area contributed by atoms with E-state index < -0.39 is 5.91 Å². The van der Waals surface area contributed by atoms with Crippen molar-refractivity contribution in [2.24, 2.45) is 5.73 Å². The van der Waals surface area contributed by atoms with Gasteiger partial charge in [0.25, 0.3) is 5.91 Å². The fraction of sp³-hybridized carbons (Fsp3) is 0.400. The summed E-state index contributed by atoms with van der Waals surface area (Å²) in [4.78, 5) is 16.4. The molecular formula is C20H24N8O. The quantitative estimate of drug-likeness (QED) is 0.507. The van der Waals surface area contributed by atoms with Crippen molar-refractivity contribution in [1.29, 1.82) is 0 Å². The van der Waals surface area contributed by atoms with E-state index in [1.165, 1.54) is 12.8 Å². The molecule has 1 saturated carbocycles. The number of piperidine rings is 1. The molecule has 9 heteroatoms. The first-order valence-electron chi connectivity index (χ1n) is 10.1. The normalized spacial score (nSPS) is 19.2. The minimum Gasteiger partial charge on any atom is -0.364 e. The van der Waals surface area contributed by atoms with Crippen LogP contribution < -0.4 is 21.7 Å². The smallest absolute Gasteiger partial charge is 0.273 e. The van der Waals surface area contributed by atoms with Crippen LogP contribution in [-0.2, 0) is 0 Å². The molecule has 0 unspecified atom stereocenters. The third kappa shape index (κ3) is 3.61. The monoisotopic (exact) mass is 392 g/mol. The predicted octanol–water partition coefficient (Wildman–Crippen LogP) is 2.17. The van der Waals surface area contributed by atoms with Gasteiger partial charge in [0, 0.05) is 35.9 Å². The Labute approximate surface area is 168 Å². The molecule has 2 aromatic heterocycles. The largest absolute Gasteiger partial charge is 0.364 e. The lowest BCUT2D eigenvalue weighted by atomic mass is 10.1. The fourth-order valence-electron chi connectivity index (χ4n) is 3.89. The fourth-order valence-corrected chi connectivity index (χ4v) is 3.89. The van der Waals surface area contributed by atoms with Gasteiger partial charge in [-0.2, -0.15) is 4.98 Å². The molecule has 9 nitrogen and oxygen atoms in total. The lowest BCUT2D eigenvalue weighted by molar-refractivity contribution is 0.0995. The summed E-state index contributed by atoms with van der Waals surface area (Å²) in [5.41, 5.74) is 7.55. The van der Waals surface area contributed by atoms with Gasteiger partial charge in [-0.25, -0.2) is 0 Å². The van der Waals surface area contributed by atoms with Crippen LogP contribution in [0.1, 0.15) is 42.2 Å². The van der Waals surface area contributed by atoms with Gasteiger partial charge in [0.05, 0.1) is 5.52 Å². The summed E-state index contributed by atoms with van der Waals surface area (Å²) >= 11 is 0. The van der Waals surface area contributed by atoms with Crippen LogP contribution in [0.4, 0.5) is 17.5 Å². The summed E-state index contributed by atoms with van der Waals surface area (Å²) in [5.74, 6) is 0.0282. The zero-order valence-corrected chi connectivity index (χ0v) is 16.1. The molecule has 1 atom stereocenters. The third-order valence-electron chi connectivity index (χ3n) is 5.51. The maximum atomic E-state index is 11.9. The molecule has 0 radical (unpaired) electrons. The molecule has 1 aromatic carbocycles. The number of primary amides is 1. The number of aromatic nitrogens is 4. The van der Waals surface area contributed by atoms with Crippen molar-refractivity contribution in [2.45, 2.75) is 37.8 Å². The number of carbonyl (C=O) groups is 1. The van der Waals surface area contributed by atoms with Gasteiger partial charge in [-0.1, -0.05) is 6.07 Å². The molecule has 2 aliphatic rings. The van der Waals surface area contributed by atoms with Crippen LogP contribution in [-0.4, -0.2) is 44.8 Å². The number of hydrogen-bond donors (Lipinski definition) is 4. The Morgan fingerprint density at radius 1 is 1.21 bits per heavy atom. The van der Waals surface area contributed by atoms with Gasteiger partial charge < -0.3 is 26.3 Å². The van der Waals surface area contributed by atoms with Crippen molar-refractivity contribution in [2.75, 3.05) is 23.7 Å². The van der Waals surface area contributed by atoms with E-state index in [4.69, 9.17) is 5.73 Å². The first kappa shape index (κ1) is 17.9. The molecule has 3 aromatic rings. The van der Waals surface area contributed by atoms with Crippen molar-refractivity contribution >= 4 is 34.3 Å². The summed E-state index contributed by atoms with van der Waals surface area (Å²) in [6.07, 6.45) is 6.67. The van der Waals surface area contributed by atoms with Crippen molar-refractivity contribution in [3.05, 3.63) is 36.2 Å². The molecule has 1 aliphatic carbocycles. The Bertz CT molecular complexity index is 1050. The lowest BCUT2D eigenvalue weighted by Crippen LogP contribution is -2.39. The van der Waals surface area contributed by atoms with Crippen LogP contribution in [0.5, 0.6) is 0 Å². The summed E-state index contributed by atoms with van der Waals surface area (Å²) in [6.45, 7) is 1.87. The third-order valence-corrected chi connectivity index (χ3v) is 5.51. The number of nitrogens with two attached hydrogens (primary N) is 1. The Kier molecular flexibility index (Phi) is 4.51. The van der Waals surface area contributed by atoms with Crippen molar-refractivity contribution < 1.29 is 4.79 Å². The zero-order valence-electron chi connectivity index (χ0n) is 16.1. The summed E-state index contributed by atoms with van der Waals surface area (Å²) in [5, 5.41) is 19.0. The first-order chi connectivity index (χ1) is 14.2. The Balaban J connectivity index is 1.47. The van der Waals surface area contributed by atoms with E-state index in [0.717, 1.165) is 42.5 Å². The number of rotatable bonds is 6. The average molecular weight is 392 g/mol. The molecule has 0 spiro atoms. The van der Waals surface area contributed by atoms with Gasteiger partial charge in [0.1, 0.15) is 0 Å². The van der Waals surface area contributed by atoms with E-state index in [1.54, 1.807) is 0 Å². The van der Waals surface area contributed by atoms with Gasteiger partial charge in [-0.15, -0.1) is 10.2 Å². The first-order valence-corrected chi connectivity index (χ1v) is 10.1. The molecule has 150 valence electrons. The SMILES string of the molecule is NC(=O)c1nnc(N[C@H]2CCCNC2)nc1Nc1cccc2c1ccn2C1CC1. The highest BCUT2D eigenvalue weighted by molar-refractivity contribution is 5.99. The molecule has 1 amide bonds.